The SMILES string of the molecule is CCCCCC(=O)NN=Cc1ccc(O)c(O)c1. The average Bonchev–Trinajstić information content (AvgIpc) is 2.34. The molecule has 0 fully saturated rings. The first-order valence-corrected chi connectivity index (χ1v) is 5.97. The van der Waals surface area contributed by atoms with Crippen LogP contribution in [0.3, 0.4) is 0 Å². The van der Waals surface area contributed by atoms with Crippen LogP contribution in [0, 0.1) is 0 Å². The van der Waals surface area contributed by atoms with Gasteiger partial charge in [-0.2, -0.15) is 5.10 Å². The number of phenols is 2. The number of hydrogen-bond acceptors (Lipinski definition) is 4. The Balaban J connectivity index is 2.40. The van der Waals surface area contributed by atoms with Crippen molar-refractivity contribution in [2.24, 2.45) is 5.10 Å². The van der Waals surface area contributed by atoms with Crippen LogP contribution in [-0.2, 0) is 4.79 Å². The largest absolute Gasteiger partial charge is 0.504 e. The van der Waals surface area contributed by atoms with Crippen molar-refractivity contribution < 1.29 is 15.0 Å². The van der Waals surface area contributed by atoms with Gasteiger partial charge >= 0.3 is 0 Å². The number of unbranched alkanes of at least 4 members (excludes halogenated alkanes) is 2. The first kappa shape index (κ1) is 14.0. The molecule has 0 spiro atoms. The summed E-state index contributed by atoms with van der Waals surface area (Å²) in [6.07, 6.45) is 4.84. The van der Waals surface area contributed by atoms with Gasteiger partial charge in [-0.3, -0.25) is 4.79 Å². The molecule has 1 amide bonds. The van der Waals surface area contributed by atoms with Crippen molar-refractivity contribution in [1.29, 1.82) is 0 Å². The van der Waals surface area contributed by atoms with E-state index >= 15 is 0 Å². The van der Waals surface area contributed by atoms with Crippen LogP contribution in [0.2, 0.25) is 0 Å². The Hall–Kier alpha value is -2.04. The van der Waals surface area contributed by atoms with Gasteiger partial charge in [-0.15, -0.1) is 0 Å². The Bertz CT molecular complexity index is 430. The first-order valence-electron chi connectivity index (χ1n) is 5.97. The van der Waals surface area contributed by atoms with Gasteiger partial charge in [-0.25, -0.2) is 5.43 Å². The summed E-state index contributed by atoms with van der Waals surface area (Å²) in [5.74, 6) is -0.522. The summed E-state index contributed by atoms with van der Waals surface area (Å²) in [5.41, 5.74) is 3.01. The molecule has 0 aromatic heterocycles. The molecule has 5 heteroatoms. The van der Waals surface area contributed by atoms with Crippen molar-refractivity contribution >= 4 is 12.1 Å². The zero-order valence-electron chi connectivity index (χ0n) is 10.4. The molecule has 0 aliphatic rings. The molecule has 5 nitrogen and oxygen atoms in total. The minimum Gasteiger partial charge on any atom is -0.504 e. The van der Waals surface area contributed by atoms with Gasteiger partial charge in [0.05, 0.1) is 6.21 Å². The van der Waals surface area contributed by atoms with E-state index < -0.39 is 0 Å². The Morgan fingerprint density at radius 2 is 2.11 bits per heavy atom. The predicted octanol–water partition coefficient (Wildman–Crippen LogP) is 2.13. The van der Waals surface area contributed by atoms with Crippen molar-refractivity contribution in [3.63, 3.8) is 0 Å². The number of phenolic OH excluding ortho intramolecular Hbond substituents is 2. The molecule has 1 rings (SSSR count). The van der Waals surface area contributed by atoms with E-state index in [1.807, 2.05) is 0 Å². The Labute approximate surface area is 106 Å². The number of amides is 1. The molecule has 0 unspecified atom stereocenters. The van der Waals surface area contributed by atoms with Gasteiger partial charge in [0.2, 0.25) is 5.91 Å². The van der Waals surface area contributed by atoms with E-state index in [0.717, 1.165) is 19.3 Å². The highest BCUT2D eigenvalue weighted by molar-refractivity contribution is 5.83. The average molecular weight is 250 g/mol. The monoisotopic (exact) mass is 250 g/mol. The number of carbonyl (C=O) groups excluding carboxylic acids is 1. The smallest absolute Gasteiger partial charge is 0.240 e. The van der Waals surface area contributed by atoms with Gasteiger partial charge in [0.15, 0.2) is 11.5 Å². The topological polar surface area (TPSA) is 81.9 Å². The number of nitrogens with one attached hydrogen (secondary N) is 1. The second-order valence-electron chi connectivity index (χ2n) is 4.00. The Kier molecular flexibility index (Phi) is 5.70. The zero-order valence-corrected chi connectivity index (χ0v) is 10.4. The van der Waals surface area contributed by atoms with Crippen molar-refractivity contribution in [2.75, 3.05) is 0 Å². The summed E-state index contributed by atoms with van der Waals surface area (Å²) < 4.78 is 0. The van der Waals surface area contributed by atoms with E-state index in [1.54, 1.807) is 6.07 Å². The summed E-state index contributed by atoms with van der Waals surface area (Å²) >= 11 is 0. The van der Waals surface area contributed by atoms with Crippen LogP contribution < -0.4 is 5.43 Å². The van der Waals surface area contributed by atoms with Gasteiger partial charge in [-0.05, 0) is 30.2 Å². The molecule has 0 radical (unpaired) electrons. The highest BCUT2D eigenvalue weighted by atomic mass is 16.3. The van der Waals surface area contributed by atoms with Gasteiger partial charge in [0.25, 0.3) is 0 Å². The van der Waals surface area contributed by atoms with Crippen LogP contribution in [-0.4, -0.2) is 22.3 Å². The molecule has 0 saturated heterocycles. The van der Waals surface area contributed by atoms with Crippen LogP contribution in [0.25, 0.3) is 0 Å². The molecular weight excluding hydrogens is 232 g/mol. The van der Waals surface area contributed by atoms with Crippen molar-refractivity contribution in [3.8, 4) is 11.5 Å². The molecule has 1 aromatic rings. The molecule has 98 valence electrons. The fraction of sp³-hybridized carbons (Fsp3) is 0.385. The highest BCUT2D eigenvalue weighted by Gasteiger charge is 2.00. The van der Waals surface area contributed by atoms with E-state index in [4.69, 9.17) is 5.11 Å². The van der Waals surface area contributed by atoms with Crippen LogP contribution in [0.4, 0.5) is 0 Å². The number of hydrazone groups is 1. The maximum Gasteiger partial charge on any atom is 0.240 e. The quantitative estimate of drug-likeness (QED) is 0.313. The fourth-order valence-electron chi connectivity index (χ4n) is 1.39. The minimum absolute atomic E-state index is 0.122. The lowest BCUT2D eigenvalue weighted by Gasteiger charge is -2.00. The van der Waals surface area contributed by atoms with Crippen LogP contribution in [0.1, 0.15) is 38.2 Å². The van der Waals surface area contributed by atoms with Gasteiger partial charge in [-0.1, -0.05) is 19.8 Å². The molecule has 1 aromatic carbocycles. The third-order valence-electron chi connectivity index (χ3n) is 2.41. The summed E-state index contributed by atoms with van der Waals surface area (Å²) in [5, 5.41) is 22.1. The molecule has 0 atom stereocenters. The molecule has 18 heavy (non-hydrogen) atoms. The Morgan fingerprint density at radius 3 is 2.78 bits per heavy atom. The Morgan fingerprint density at radius 1 is 1.33 bits per heavy atom. The van der Waals surface area contributed by atoms with Gasteiger partial charge in [0, 0.05) is 6.42 Å². The molecule has 0 aliphatic heterocycles. The van der Waals surface area contributed by atoms with Crippen molar-refractivity contribution in [3.05, 3.63) is 23.8 Å². The predicted molar refractivity (Wildman–Crippen MR) is 69.7 cm³/mol. The van der Waals surface area contributed by atoms with E-state index in [2.05, 4.69) is 17.5 Å². The van der Waals surface area contributed by atoms with Crippen LogP contribution in [0.15, 0.2) is 23.3 Å². The van der Waals surface area contributed by atoms with E-state index in [0.29, 0.717) is 12.0 Å². The maximum atomic E-state index is 11.3. The fourth-order valence-corrected chi connectivity index (χ4v) is 1.39. The summed E-state index contributed by atoms with van der Waals surface area (Å²) in [4.78, 5) is 11.3. The lowest BCUT2D eigenvalue weighted by Crippen LogP contribution is -2.16. The van der Waals surface area contributed by atoms with Gasteiger partial charge < -0.3 is 10.2 Å². The molecule has 0 bridgehead atoms. The standard InChI is InChI=1S/C13H18N2O3/c1-2-3-4-5-13(18)15-14-9-10-6-7-11(16)12(17)8-10/h6-9,16-17H,2-5H2,1H3,(H,15,18). The summed E-state index contributed by atoms with van der Waals surface area (Å²) in [6.45, 7) is 2.08. The zero-order chi connectivity index (χ0) is 13.4. The molecule has 0 saturated carbocycles. The summed E-state index contributed by atoms with van der Waals surface area (Å²) in [6, 6.07) is 4.31. The molecule has 3 N–H and O–H groups in total. The number of rotatable bonds is 6. The molecule has 0 heterocycles. The van der Waals surface area contributed by atoms with E-state index in [-0.39, 0.29) is 17.4 Å². The number of hydrogen-bond donors (Lipinski definition) is 3. The molecular formula is C13H18N2O3. The first-order chi connectivity index (χ1) is 8.63. The second kappa shape index (κ2) is 7.32. The van der Waals surface area contributed by atoms with E-state index in [1.165, 1.54) is 18.3 Å². The van der Waals surface area contributed by atoms with Crippen molar-refractivity contribution in [1.82, 2.24) is 5.43 Å². The third kappa shape index (κ3) is 4.86. The van der Waals surface area contributed by atoms with Crippen LogP contribution in [0.5, 0.6) is 11.5 Å². The van der Waals surface area contributed by atoms with Gasteiger partial charge in [0.1, 0.15) is 0 Å². The highest BCUT2D eigenvalue weighted by Crippen LogP contribution is 2.23. The van der Waals surface area contributed by atoms with E-state index in [9.17, 15) is 9.90 Å². The number of aromatic hydroxyl groups is 2. The summed E-state index contributed by atoms with van der Waals surface area (Å²) in [7, 11) is 0. The van der Waals surface area contributed by atoms with Crippen molar-refractivity contribution in [2.45, 2.75) is 32.6 Å². The number of benzene rings is 1. The lowest BCUT2D eigenvalue weighted by molar-refractivity contribution is -0.121. The maximum absolute atomic E-state index is 11.3. The lowest BCUT2D eigenvalue weighted by atomic mass is 10.2. The number of nitrogens with zero attached hydrogens (tertiary/aromatic N) is 1. The number of carbonyl (C=O) groups is 1. The van der Waals surface area contributed by atoms with Crippen LogP contribution >= 0.6 is 0 Å². The normalized spacial score (nSPS) is 10.7. The third-order valence-corrected chi connectivity index (χ3v) is 2.41. The molecule has 0 aliphatic carbocycles. The minimum atomic E-state index is -0.215. The second-order valence-corrected chi connectivity index (χ2v) is 4.00.